The van der Waals surface area contributed by atoms with Crippen molar-refractivity contribution in [2.75, 3.05) is 24.6 Å². The second-order valence-corrected chi connectivity index (χ2v) is 8.37. The van der Waals surface area contributed by atoms with Crippen molar-refractivity contribution in [2.45, 2.75) is 43.8 Å². The molecule has 0 aliphatic carbocycles. The molecule has 0 saturated carbocycles. The molecule has 33 heavy (non-hydrogen) atoms. The molecule has 1 aromatic carbocycles. The lowest BCUT2D eigenvalue weighted by Gasteiger charge is -2.29. The van der Waals surface area contributed by atoms with Gasteiger partial charge in [0.2, 0.25) is 0 Å². The molecule has 11 heteroatoms. The van der Waals surface area contributed by atoms with Crippen LogP contribution in [0.1, 0.15) is 18.4 Å². The average molecular weight is 457 g/mol. The Balaban J connectivity index is 1.35. The van der Waals surface area contributed by atoms with Crippen molar-refractivity contribution < 1.29 is 14.6 Å². The molecule has 3 aliphatic heterocycles. The van der Waals surface area contributed by atoms with Gasteiger partial charge in [-0.05, 0) is 43.2 Å². The molecule has 178 valence electrons. The fourth-order valence-electron chi connectivity index (χ4n) is 4.13. The normalized spacial score (nSPS) is 26.2. The first-order valence-electron chi connectivity index (χ1n) is 11.1. The first-order valence-corrected chi connectivity index (χ1v) is 11.1. The van der Waals surface area contributed by atoms with E-state index in [0.29, 0.717) is 19.5 Å². The van der Waals surface area contributed by atoms with Gasteiger partial charge >= 0.3 is 6.03 Å². The van der Waals surface area contributed by atoms with Gasteiger partial charge in [0.05, 0.1) is 24.5 Å². The number of rotatable bonds is 9. The smallest absolute Gasteiger partial charge is 0.327 e. The van der Waals surface area contributed by atoms with E-state index in [1.807, 2.05) is 36.5 Å². The molecule has 1 saturated heterocycles. The van der Waals surface area contributed by atoms with Gasteiger partial charge in [0, 0.05) is 36.6 Å². The van der Waals surface area contributed by atoms with E-state index in [-0.39, 0.29) is 43.0 Å². The Labute approximate surface area is 192 Å². The summed E-state index contributed by atoms with van der Waals surface area (Å²) in [6.07, 6.45) is 4.38. The van der Waals surface area contributed by atoms with Crippen molar-refractivity contribution in [2.24, 2.45) is 22.2 Å². The van der Waals surface area contributed by atoms with Crippen LogP contribution in [0.4, 0.5) is 10.5 Å². The van der Waals surface area contributed by atoms with E-state index >= 15 is 0 Å². The number of ether oxygens (including phenoxy) is 1. The van der Waals surface area contributed by atoms with E-state index in [2.05, 4.69) is 20.9 Å². The van der Waals surface area contributed by atoms with Crippen LogP contribution in [-0.4, -0.2) is 61.2 Å². The lowest BCUT2D eigenvalue weighted by Crippen LogP contribution is -2.52. The van der Waals surface area contributed by atoms with E-state index in [9.17, 15) is 9.90 Å². The molecular formula is C22H32N8O3. The van der Waals surface area contributed by atoms with Crippen LogP contribution in [0.15, 0.2) is 52.8 Å². The van der Waals surface area contributed by atoms with Crippen LogP contribution in [0, 0.1) is 0 Å². The molecule has 2 amide bonds. The van der Waals surface area contributed by atoms with Gasteiger partial charge in [0.1, 0.15) is 6.17 Å². The summed E-state index contributed by atoms with van der Waals surface area (Å²) in [5.74, 6) is 0.111. The Bertz CT molecular complexity index is 941. The highest BCUT2D eigenvalue weighted by molar-refractivity contribution is 5.96. The topological polar surface area (TPSA) is 176 Å². The number of nitrogens with two attached hydrogens (primary N) is 3. The zero-order chi connectivity index (χ0) is 23.4. The van der Waals surface area contributed by atoms with Gasteiger partial charge in [0.15, 0.2) is 5.96 Å². The van der Waals surface area contributed by atoms with Crippen molar-refractivity contribution in [3.63, 3.8) is 0 Å². The van der Waals surface area contributed by atoms with Crippen LogP contribution in [0.25, 0.3) is 0 Å². The van der Waals surface area contributed by atoms with Crippen LogP contribution in [0.3, 0.4) is 0 Å². The lowest BCUT2D eigenvalue weighted by atomic mass is 10.1. The number of nitrogens with zero attached hydrogens (tertiary/aromatic N) is 2. The number of amides is 2. The molecule has 4 atom stereocenters. The minimum atomic E-state index is -0.369. The highest BCUT2D eigenvalue weighted by Crippen LogP contribution is 2.30. The Kier molecular flexibility index (Phi) is 7.14. The zero-order valence-corrected chi connectivity index (χ0v) is 18.4. The summed E-state index contributed by atoms with van der Waals surface area (Å²) in [5.41, 5.74) is 20.3. The Hall–Kier alpha value is -3.12. The highest BCUT2D eigenvalue weighted by atomic mass is 16.5. The summed E-state index contributed by atoms with van der Waals surface area (Å²) in [6.45, 7) is 2.01. The molecule has 4 unspecified atom stereocenters. The van der Waals surface area contributed by atoms with Crippen LogP contribution in [0.2, 0.25) is 0 Å². The van der Waals surface area contributed by atoms with Crippen molar-refractivity contribution >= 4 is 17.7 Å². The number of hydrogen-bond donors (Lipinski definition) is 7. The summed E-state index contributed by atoms with van der Waals surface area (Å²) in [4.78, 5) is 18.2. The summed E-state index contributed by atoms with van der Waals surface area (Å²) >= 11 is 0. The maximum absolute atomic E-state index is 12.7. The summed E-state index contributed by atoms with van der Waals surface area (Å²) in [5, 5.41) is 19.0. The molecule has 3 heterocycles. The molecule has 3 aliphatic rings. The second kappa shape index (κ2) is 10.2. The van der Waals surface area contributed by atoms with Crippen LogP contribution in [0.5, 0.6) is 0 Å². The summed E-state index contributed by atoms with van der Waals surface area (Å²) < 4.78 is 5.85. The van der Waals surface area contributed by atoms with Gasteiger partial charge in [-0.15, -0.1) is 0 Å². The number of fused-ring (bicyclic) bond motifs is 1. The predicted molar refractivity (Wildman–Crippen MR) is 126 cm³/mol. The van der Waals surface area contributed by atoms with Gasteiger partial charge in [-0.2, -0.15) is 0 Å². The SMILES string of the molecule is NC(N)=NCCCNCc1ccc(N2C=C3C=C(C4CC(N)C(CO)O4)NC3NC2=O)cc1. The fourth-order valence-corrected chi connectivity index (χ4v) is 4.13. The third kappa shape index (κ3) is 5.45. The number of aliphatic imine (C=N–C) groups is 1. The fraction of sp³-hybridized carbons (Fsp3) is 0.455. The number of aliphatic hydroxyl groups is 1. The van der Waals surface area contributed by atoms with Crippen LogP contribution in [-0.2, 0) is 11.3 Å². The number of hydrogen-bond acceptors (Lipinski definition) is 7. The van der Waals surface area contributed by atoms with E-state index in [1.165, 1.54) is 0 Å². The number of anilines is 1. The molecule has 0 aromatic heterocycles. The summed E-state index contributed by atoms with van der Waals surface area (Å²) in [6, 6.07) is 7.40. The van der Waals surface area contributed by atoms with Crippen molar-refractivity contribution in [1.82, 2.24) is 16.0 Å². The summed E-state index contributed by atoms with van der Waals surface area (Å²) in [7, 11) is 0. The third-order valence-electron chi connectivity index (χ3n) is 5.91. The molecular weight excluding hydrogens is 424 g/mol. The predicted octanol–water partition coefficient (Wildman–Crippen LogP) is -0.856. The molecule has 0 bridgehead atoms. The molecule has 4 rings (SSSR count). The van der Waals surface area contributed by atoms with Gasteiger partial charge in [-0.25, -0.2) is 4.79 Å². The van der Waals surface area contributed by atoms with E-state index in [0.717, 1.165) is 35.5 Å². The van der Waals surface area contributed by atoms with Crippen molar-refractivity contribution in [1.29, 1.82) is 0 Å². The average Bonchev–Trinajstić information content (AvgIpc) is 3.38. The van der Waals surface area contributed by atoms with E-state index in [4.69, 9.17) is 21.9 Å². The number of guanidine groups is 1. The van der Waals surface area contributed by atoms with Gasteiger partial charge in [0.25, 0.3) is 0 Å². The number of nitrogens with one attached hydrogen (secondary N) is 3. The van der Waals surface area contributed by atoms with Gasteiger partial charge in [-0.1, -0.05) is 12.1 Å². The molecule has 11 nitrogen and oxygen atoms in total. The maximum atomic E-state index is 12.7. The number of aliphatic hydroxyl groups excluding tert-OH is 1. The molecule has 10 N–H and O–H groups in total. The molecule has 0 spiro atoms. The zero-order valence-electron chi connectivity index (χ0n) is 18.4. The second-order valence-electron chi connectivity index (χ2n) is 8.37. The Morgan fingerprint density at radius 3 is 2.76 bits per heavy atom. The molecule has 1 aromatic rings. The number of carbonyl (C=O) groups excluding carboxylic acids is 1. The number of urea groups is 1. The number of benzene rings is 1. The quantitative estimate of drug-likeness (QED) is 0.143. The Morgan fingerprint density at radius 2 is 2.06 bits per heavy atom. The van der Waals surface area contributed by atoms with Gasteiger partial charge < -0.3 is 43.0 Å². The highest BCUT2D eigenvalue weighted by Gasteiger charge is 2.39. The first kappa shape index (κ1) is 23.1. The van der Waals surface area contributed by atoms with E-state index in [1.54, 1.807) is 4.90 Å². The van der Waals surface area contributed by atoms with Crippen molar-refractivity contribution in [3.05, 3.63) is 53.4 Å². The molecule has 1 fully saturated rings. The van der Waals surface area contributed by atoms with E-state index < -0.39 is 0 Å². The minimum Gasteiger partial charge on any atom is -0.394 e. The van der Waals surface area contributed by atoms with Gasteiger partial charge in [-0.3, -0.25) is 9.89 Å². The maximum Gasteiger partial charge on any atom is 0.327 e. The van der Waals surface area contributed by atoms with Crippen LogP contribution >= 0.6 is 0 Å². The third-order valence-corrected chi connectivity index (χ3v) is 5.91. The van der Waals surface area contributed by atoms with Crippen molar-refractivity contribution in [3.8, 4) is 0 Å². The monoisotopic (exact) mass is 456 g/mol. The Morgan fingerprint density at radius 1 is 1.27 bits per heavy atom. The van der Waals surface area contributed by atoms with Crippen LogP contribution < -0.4 is 38.1 Å². The number of carbonyl (C=O) groups is 1. The molecule has 0 radical (unpaired) electrons. The largest absolute Gasteiger partial charge is 0.394 e. The first-order chi connectivity index (χ1) is 15.9. The standard InChI is InChI=1S/C22H32N8O3/c23-16-9-18(33-19(16)12-31)17-8-14-11-30(22(32)29-20(14)28-17)15-4-2-13(3-5-15)10-26-6-1-7-27-21(24)25/h2-5,8,11,16,18-20,26,28,31H,1,6-7,9-10,12,23H2,(H,29,32)(H4,24,25,27). The minimum absolute atomic E-state index is 0.106. The lowest BCUT2D eigenvalue weighted by molar-refractivity contribution is 0.0199.